The molecule has 6 nitrogen and oxygen atoms in total. The smallest absolute Gasteiger partial charge is 0.241 e. The second-order valence-corrected chi connectivity index (χ2v) is 7.34. The first kappa shape index (κ1) is 15.8. The van der Waals surface area contributed by atoms with E-state index in [1.54, 1.807) is 25.1 Å². The van der Waals surface area contributed by atoms with Gasteiger partial charge in [-0.2, -0.15) is 0 Å². The minimum absolute atomic E-state index is 0.0526. The molecule has 116 valence electrons. The molecular formula is C14H21N3O3S. The van der Waals surface area contributed by atoms with Crippen molar-refractivity contribution in [2.75, 3.05) is 22.8 Å². The highest BCUT2D eigenvalue weighted by atomic mass is 32.2. The summed E-state index contributed by atoms with van der Waals surface area (Å²) in [7, 11) is -3.30. The Morgan fingerprint density at radius 1 is 1.38 bits per heavy atom. The van der Waals surface area contributed by atoms with Gasteiger partial charge in [-0.15, -0.1) is 0 Å². The van der Waals surface area contributed by atoms with Crippen molar-refractivity contribution in [2.24, 2.45) is 5.92 Å². The number of aryl methyl sites for hydroxylation is 1. The fourth-order valence-corrected chi connectivity index (χ4v) is 3.09. The molecule has 3 N–H and O–H groups in total. The molecule has 1 aromatic rings. The molecule has 2 rings (SSSR count). The SMILES string of the molecule is Cc1cc(NC(=O)C2NCCC2C)ccc1NS(C)(=O)=O. The number of rotatable bonds is 4. The normalized spacial score (nSPS) is 22.0. The second kappa shape index (κ2) is 6.03. The third-order valence-corrected chi connectivity index (χ3v) is 4.20. The van der Waals surface area contributed by atoms with E-state index in [2.05, 4.69) is 22.3 Å². The Bertz CT molecular complexity index is 643. The van der Waals surface area contributed by atoms with E-state index in [1.165, 1.54) is 0 Å². The first-order valence-electron chi connectivity index (χ1n) is 6.89. The molecule has 7 heteroatoms. The predicted molar refractivity (Wildman–Crippen MR) is 83.8 cm³/mol. The molecule has 1 aliphatic heterocycles. The van der Waals surface area contributed by atoms with Crippen LogP contribution >= 0.6 is 0 Å². The number of carbonyl (C=O) groups excluding carboxylic acids is 1. The van der Waals surface area contributed by atoms with Gasteiger partial charge >= 0.3 is 0 Å². The van der Waals surface area contributed by atoms with E-state index in [0.717, 1.165) is 24.8 Å². The number of anilines is 2. The van der Waals surface area contributed by atoms with Crippen LogP contribution in [0.3, 0.4) is 0 Å². The number of benzene rings is 1. The first-order valence-corrected chi connectivity index (χ1v) is 8.78. The quantitative estimate of drug-likeness (QED) is 0.782. The van der Waals surface area contributed by atoms with Crippen LogP contribution in [0.25, 0.3) is 0 Å². The minimum Gasteiger partial charge on any atom is -0.325 e. The molecule has 0 aromatic heterocycles. The molecule has 1 heterocycles. The summed E-state index contributed by atoms with van der Waals surface area (Å²) in [6.07, 6.45) is 2.10. The highest BCUT2D eigenvalue weighted by Crippen LogP contribution is 2.22. The van der Waals surface area contributed by atoms with Crippen molar-refractivity contribution in [3.05, 3.63) is 23.8 Å². The lowest BCUT2D eigenvalue weighted by atomic mass is 10.0. The Kier molecular flexibility index (Phi) is 4.53. The molecular weight excluding hydrogens is 290 g/mol. The molecule has 1 amide bonds. The van der Waals surface area contributed by atoms with Crippen molar-refractivity contribution >= 4 is 27.3 Å². The summed E-state index contributed by atoms with van der Waals surface area (Å²) in [5, 5.41) is 6.05. The fraction of sp³-hybridized carbons (Fsp3) is 0.500. The molecule has 0 aliphatic carbocycles. The van der Waals surface area contributed by atoms with Crippen molar-refractivity contribution in [3.8, 4) is 0 Å². The summed E-state index contributed by atoms with van der Waals surface area (Å²) in [4.78, 5) is 12.2. The van der Waals surface area contributed by atoms with Gasteiger partial charge in [0.05, 0.1) is 18.0 Å². The summed E-state index contributed by atoms with van der Waals surface area (Å²) in [5.74, 6) is 0.264. The number of hydrogen-bond acceptors (Lipinski definition) is 4. The Balaban J connectivity index is 2.08. The van der Waals surface area contributed by atoms with Crippen molar-refractivity contribution in [2.45, 2.75) is 26.3 Å². The van der Waals surface area contributed by atoms with Gasteiger partial charge in [0.1, 0.15) is 0 Å². The van der Waals surface area contributed by atoms with Crippen LogP contribution in [0.2, 0.25) is 0 Å². The summed E-state index contributed by atoms with van der Waals surface area (Å²) >= 11 is 0. The first-order chi connectivity index (χ1) is 9.76. The standard InChI is InChI=1S/C14H21N3O3S/c1-9-6-7-15-13(9)14(18)16-11-4-5-12(10(2)8-11)17-21(3,19)20/h4-5,8-9,13,15,17H,6-7H2,1-3H3,(H,16,18). The van der Waals surface area contributed by atoms with Crippen LogP contribution < -0.4 is 15.4 Å². The molecule has 0 radical (unpaired) electrons. The van der Waals surface area contributed by atoms with Crippen LogP contribution in [0.1, 0.15) is 18.9 Å². The number of hydrogen-bond donors (Lipinski definition) is 3. The zero-order valence-corrected chi connectivity index (χ0v) is 13.3. The van der Waals surface area contributed by atoms with Gasteiger partial charge in [-0.05, 0) is 49.6 Å². The van der Waals surface area contributed by atoms with E-state index < -0.39 is 10.0 Å². The summed E-state index contributed by atoms with van der Waals surface area (Å²) in [6.45, 7) is 4.70. The predicted octanol–water partition coefficient (Wildman–Crippen LogP) is 1.30. The summed E-state index contributed by atoms with van der Waals surface area (Å²) in [6, 6.07) is 4.93. The van der Waals surface area contributed by atoms with Crippen LogP contribution in [0.15, 0.2) is 18.2 Å². The molecule has 21 heavy (non-hydrogen) atoms. The molecule has 2 unspecified atom stereocenters. The Morgan fingerprint density at radius 2 is 2.10 bits per heavy atom. The van der Waals surface area contributed by atoms with E-state index in [0.29, 0.717) is 17.3 Å². The molecule has 1 aromatic carbocycles. The topological polar surface area (TPSA) is 87.3 Å². The van der Waals surface area contributed by atoms with Gasteiger partial charge in [-0.25, -0.2) is 8.42 Å². The van der Waals surface area contributed by atoms with Gasteiger partial charge in [0, 0.05) is 5.69 Å². The van der Waals surface area contributed by atoms with Crippen LogP contribution in [-0.4, -0.2) is 33.2 Å². The summed E-state index contributed by atoms with van der Waals surface area (Å²) in [5.41, 5.74) is 1.94. The molecule has 0 spiro atoms. The van der Waals surface area contributed by atoms with Gasteiger partial charge in [0.2, 0.25) is 15.9 Å². The molecule has 1 saturated heterocycles. The maximum absolute atomic E-state index is 12.2. The third kappa shape index (κ3) is 4.18. The van der Waals surface area contributed by atoms with Crippen LogP contribution in [0.5, 0.6) is 0 Å². The van der Waals surface area contributed by atoms with E-state index in [1.807, 2.05) is 0 Å². The highest BCUT2D eigenvalue weighted by molar-refractivity contribution is 7.92. The lowest BCUT2D eigenvalue weighted by molar-refractivity contribution is -0.118. The fourth-order valence-electron chi connectivity index (χ4n) is 2.46. The Morgan fingerprint density at radius 3 is 2.62 bits per heavy atom. The van der Waals surface area contributed by atoms with Crippen molar-refractivity contribution in [1.82, 2.24) is 5.32 Å². The lowest BCUT2D eigenvalue weighted by Gasteiger charge is -2.16. The molecule has 1 aliphatic rings. The minimum atomic E-state index is -3.30. The van der Waals surface area contributed by atoms with Gasteiger partial charge in [0.15, 0.2) is 0 Å². The van der Waals surface area contributed by atoms with Gasteiger partial charge in [-0.1, -0.05) is 6.92 Å². The van der Waals surface area contributed by atoms with Gasteiger partial charge < -0.3 is 10.6 Å². The molecule has 0 bridgehead atoms. The highest BCUT2D eigenvalue weighted by Gasteiger charge is 2.29. The third-order valence-electron chi connectivity index (χ3n) is 3.60. The average molecular weight is 311 g/mol. The number of nitrogens with one attached hydrogen (secondary N) is 3. The molecule has 0 saturated carbocycles. The van der Waals surface area contributed by atoms with Crippen LogP contribution in [0.4, 0.5) is 11.4 Å². The average Bonchev–Trinajstić information content (AvgIpc) is 2.77. The Labute approximate surface area is 125 Å². The lowest BCUT2D eigenvalue weighted by Crippen LogP contribution is -2.39. The van der Waals surface area contributed by atoms with E-state index in [-0.39, 0.29) is 11.9 Å². The van der Waals surface area contributed by atoms with E-state index >= 15 is 0 Å². The van der Waals surface area contributed by atoms with Crippen molar-refractivity contribution < 1.29 is 13.2 Å². The van der Waals surface area contributed by atoms with Crippen molar-refractivity contribution in [1.29, 1.82) is 0 Å². The van der Waals surface area contributed by atoms with Gasteiger partial charge in [0.25, 0.3) is 0 Å². The molecule has 1 fully saturated rings. The zero-order chi connectivity index (χ0) is 15.6. The number of carbonyl (C=O) groups is 1. The van der Waals surface area contributed by atoms with Crippen molar-refractivity contribution in [3.63, 3.8) is 0 Å². The molecule has 2 atom stereocenters. The number of amides is 1. The van der Waals surface area contributed by atoms with E-state index in [9.17, 15) is 13.2 Å². The number of sulfonamides is 1. The van der Waals surface area contributed by atoms with E-state index in [4.69, 9.17) is 0 Å². The maximum atomic E-state index is 12.2. The van der Waals surface area contributed by atoms with Crippen LogP contribution in [0, 0.1) is 12.8 Å². The van der Waals surface area contributed by atoms with Gasteiger partial charge in [-0.3, -0.25) is 9.52 Å². The monoisotopic (exact) mass is 311 g/mol. The largest absolute Gasteiger partial charge is 0.325 e. The second-order valence-electron chi connectivity index (χ2n) is 5.59. The Hall–Kier alpha value is -1.60. The zero-order valence-electron chi connectivity index (χ0n) is 12.4. The summed E-state index contributed by atoms with van der Waals surface area (Å²) < 4.78 is 24.9. The maximum Gasteiger partial charge on any atom is 0.241 e. The van der Waals surface area contributed by atoms with Crippen LogP contribution in [-0.2, 0) is 14.8 Å².